The Labute approximate surface area is 209 Å². The summed E-state index contributed by atoms with van der Waals surface area (Å²) < 4.78 is 7.53. The van der Waals surface area contributed by atoms with Gasteiger partial charge in [-0.15, -0.1) is 5.10 Å². The average Bonchev–Trinajstić information content (AvgIpc) is 3.54. The van der Waals surface area contributed by atoms with Gasteiger partial charge in [-0.2, -0.15) is 0 Å². The summed E-state index contributed by atoms with van der Waals surface area (Å²) in [6, 6.07) is 20.0. The van der Waals surface area contributed by atoms with Crippen molar-refractivity contribution in [3.8, 4) is 0 Å². The minimum atomic E-state index is -0.122. The quantitative estimate of drug-likeness (QED) is 0.320. The summed E-state index contributed by atoms with van der Waals surface area (Å²) in [5.74, 6) is 1.58. The summed E-state index contributed by atoms with van der Waals surface area (Å²) in [5.41, 5.74) is 4.84. The monoisotopic (exact) mass is 482 g/mol. The van der Waals surface area contributed by atoms with Crippen LogP contribution in [0, 0.1) is 13.8 Å². The van der Waals surface area contributed by atoms with Gasteiger partial charge in [-0.3, -0.25) is 9.69 Å². The molecule has 0 radical (unpaired) electrons. The summed E-state index contributed by atoms with van der Waals surface area (Å²) in [5, 5.41) is 13.7. The zero-order valence-corrected chi connectivity index (χ0v) is 20.8. The molecule has 0 fully saturated rings. The number of aromatic amines is 1. The molecule has 8 nitrogen and oxygen atoms in total. The van der Waals surface area contributed by atoms with E-state index in [1.165, 1.54) is 0 Å². The zero-order valence-electron chi connectivity index (χ0n) is 20.8. The summed E-state index contributed by atoms with van der Waals surface area (Å²) in [6.45, 7) is 7.72. The predicted molar refractivity (Wildman–Crippen MR) is 138 cm³/mol. The molecule has 1 atom stereocenters. The Hall–Kier alpha value is -4.04. The first kappa shape index (κ1) is 23.7. The van der Waals surface area contributed by atoms with Crippen molar-refractivity contribution in [3.05, 3.63) is 111 Å². The molecule has 0 aliphatic rings. The van der Waals surface area contributed by atoms with Gasteiger partial charge in [0.2, 0.25) is 0 Å². The predicted octanol–water partition coefficient (Wildman–Crippen LogP) is 4.93. The molecule has 0 bridgehead atoms. The summed E-state index contributed by atoms with van der Waals surface area (Å²) in [7, 11) is 0. The van der Waals surface area contributed by atoms with Gasteiger partial charge in [-0.25, -0.2) is 4.68 Å². The molecule has 1 N–H and O–H groups in total. The van der Waals surface area contributed by atoms with Crippen molar-refractivity contribution in [3.63, 3.8) is 0 Å². The lowest BCUT2D eigenvalue weighted by molar-refractivity contribution is 0.149. The maximum Gasteiger partial charge on any atom is 0.252 e. The number of aryl methyl sites for hydroxylation is 2. The molecule has 36 heavy (non-hydrogen) atoms. The maximum absolute atomic E-state index is 13.2. The van der Waals surface area contributed by atoms with Crippen molar-refractivity contribution in [1.29, 1.82) is 0 Å². The van der Waals surface area contributed by atoms with Gasteiger partial charge >= 0.3 is 0 Å². The third-order valence-electron chi connectivity index (χ3n) is 6.54. The van der Waals surface area contributed by atoms with E-state index in [2.05, 4.69) is 63.5 Å². The largest absolute Gasteiger partial charge is 0.468 e. The van der Waals surface area contributed by atoms with Crippen molar-refractivity contribution >= 4 is 10.9 Å². The van der Waals surface area contributed by atoms with E-state index in [0.717, 1.165) is 45.6 Å². The van der Waals surface area contributed by atoms with Crippen LogP contribution in [0.1, 0.15) is 53.2 Å². The average molecular weight is 483 g/mol. The standard InChI is InChI=1S/C28H30N6O2/c1-4-25(27-30-31-32-34(27)16-21-9-6-5-7-10-21)33(18-24-11-8-12-36-24)17-23-15-22-14-19(2)13-20(3)26(22)29-28(23)35/h5-15,25H,4,16-18H2,1-3H3,(H,29,35). The number of nitrogens with one attached hydrogen (secondary N) is 1. The molecular weight excluding hydrogens is 452 g/mol. The number of benzene rings is 2. The highest BCUT2D eigenvalue weighted by Gasteiger charge is 2.27. The van der Waals surface area contributed by atoms with E-state index in [-0.39, 0.29) is 11.6 Å². The molecular formula is C28H30N6O2. The number of hydrogen-bond acceptors (Lipinski definition) is 6. The van der Waals surface area contributed by atoms with Crippen LogP contribution < -0.4 is 5.56 Å². The van der Waals surface area contributed by atoms with Crippen LogP contribution in [0.2, 0.25) is 0 Å². The molecule has 0 saturated carbocycles. The summed E-state index contributed by atoms with van der Waals surface area (Å²) >= 11 is 0. The molecule has 2 aromatic carbocycles. The Bertz CT molecular complexity index is 1500. The number of pyridine rings is 1. The van der Waals surface area contributed by atoms with Crippen LogP contribution in [0.5, 0.6) is 0 Å². The van der Waals surface area contributed by atoms with Gasteiger partial charge in [0.25, 0.3) is 5.56 Å². The fraction of sp³-hybridized carbons (Fsp3) is 0.286. The van der Waals surface area contributed by atoms with E-state index >= 15 is 0 Å². The van der Waals surface area contributed by atoms with E-state index in [1.807, 2.05) is 48.0 Å². The van der Waals surface area contributed by atoms with Gasteiger partial charge in [0.15, 0.2) is 5.82 Å². The summed E-state index contributed by atoms with van der Waals surface area (Å²) in [6.07, 6.45) is 2.43. The minimum absolute atomic E-state index is 0.0855. The van der Waals surface area contributed by atoms with Crippen LogP contribution >= 0.6 is 0 Å². The van der Waals surface area contributed by atoms with Crippen molar-refractivity contribution < 1.29 is 4.42 Å². The summed E-state index contributed by atoms with van der Waals surface area (Å²) in [4.78, 5) is 18.5. The number of fused-ring (bicyclic) bond motifs is 1. The number of furan rings is 1. The molecule has 3 aromatic heterocycles. The number of rotatable bonds is 9. The van der Waals surface area contributed by atoms with Crippen LogP contribution in [0.25, 0.3) is 10.9 Å². The van der Waals surface area contributed by atoms with Crippen molar-refractivity contribution in [1.82, 2.24) is 30.1 Å². The van der Waals surface area contributed by atoms with Crippen LogP contribution in [0.4, 0.5) is 0 Å². The number of H-pyrrole nitrogens is 1. The van der Waals surface area contributed by atoms with E-state index < -0.39 is 0 Å². The van der Waals surface area contributed by atoms with E-state index in [0.29, 0.717) is 25.2 Å². The molecule has 5 rings (SSSR count). The highest BCUT2D eigenvalue weighted by molar-refractivity contribution is 5.82. The van der Waals surface area contributed by atoms with Gasteiger partial charge < -0.3 is 9.40 Å². The molecule has 0 aliphatic heterocycles. The molecule has 0 spiro atoms. The molecule has 0 saturated heterocycles. The second-order valence-corrected chi connectivity index (χ2v) is 9.26. The van der Waals surface area contributed by atoms with Crippen LogP contribution in [0.3, 0.4) is 0 Å². The topological polar surface area (TPSA) is 92.8 Å². The molecule has 3 heterocycles. The van der Waals surface area contributed by atoms with Gasteiger partial charge in [0.1, 0.15) is 5.76 Å². The number of hydrogen-bond donors (Lipinski definition) is 1. The highest BCUT2D eigenvalue weighted by Crippen LogP contribution is 2.27. The third kappa shape index (κ3) is 4.99. The van der Waals surface area contributed by atoms with Gasteiger partial charge in [0, 0.05) is 12.1 Å². The number of nitrogens with zero attached hydrogens (tertiary/aromatic N) is 5. The molecule has 0 aliphatic carbocycles. The Kier molecular flexibility index (Phi) is 6.77. The molecule has 0 amide bonds. The minimum Gasteiger partial charge on any atom is -0.468 e. The normalized spacial score (nSPS) is 12.4. The van der Waals surface area contributed by atoms with E-state index in [1.54, 1.807) is 6.26 Å². The maximum atomic E-state index is 13.2. The van der Waals surface area contributed by atoms with Crippen LogP contribution in [-0.2, 0) is 19.6 Å². The number of tetrazole rings is 1. The van der Waals surface area contributed by atoms with Crippen LogP contribution in [-0.4, -0.2) is 30.1 Å². The Morgan fingerprint density at radius 2 is 1.89 bits per heavy atom. The number of aromatic nitrogens is 5. The molecule has 184 valence electrons. The third-order valence-corrected chi connectivity index (χ3v) is 6.54. The fourth-order valence-corrected chi connectivity index (χ4v) is 4.87. The molecule has 5 aromatic rings. The van der Waals surface area contributed by atoms with Crippen LogP contribution in [0.15, 0.2) is 76.1 Å². The zero-order chi connectivity index (χ0) is 25.1. The Balaban J connectivity index is 1.52. The van der Waals surface area contributed by atoms with Gasteiger partial charge in [-0.05, 0) is 71.5 Å². The highest BCUT2D eigenvalue weighted by atomic mass is 16.3. The van der Waals surface area contributed by atoms with Crippen molar-refractivity contribution in [2.75, 3.05) is 0 Å². The first-order chi connectivity index (χ1) is 17.5. The lowest BCUT2D eigenvalue weighted by atomic mass is 10.0. The smallest absolute Gasteiger partial charge is 0.252 e. The second kappa shape index (κ2) is 10.3. The molecule has 8 heteroatoms. The van der Waals surface area contributed by atoms with E-state index in [9.17, 15) is 4.79 Å². The van der Waals surface area contributed by atoms with Gasteiger partial charge in [0.05, 0.1) is 30.9 Å². The van der Waals surface area contributed by atoms with E-state index in [4.69, 9.17) is 4.42 Å². The SMILES string of the molecule is CCC(c1nnnn1Cc1ccccc1)N(Cc1ccco1)Cc1cc2cc(C)cc(C)c2[nH]c1=O. The lowest BCUT2D eigenvalue weighted by Gasteiger charge is -2.29. The first-order valence-electron chi connectivity index (χ1n) is 12.2. The lowest BCUT2D eigenvalue weighted by Crippen LogP contribution is -2.32. The fourth-order valence-electron chi connectivity index (χ4n) is 4.87. The first-order valence-corrected chi connectivity index (χ1v) is 12.2. The van der Waals surface area contributed by atoms with Crippen molar-refractivity contribution in [2.24, 2.45) is 0 Å². The van der Waals surface area contributed by atoms with Gasteiger partial charge in [-0.1, -0.05) is 48.9 Å². The molecule has 1 unspecified atom stereocenters. The second-order valence-electron chi connectivity index (χ2n) is 9.26. The Morgan fingerprint density at radius 1 is 1.06 bits per heavy atom. The van der Waals surface area contributed by atoms with Crippen molar-refractivity contribution in [2.45, 2.75) is 52.9 Å². The Morgan fingerprint density at radius 3 is 2.64 bits per heavy atom.